The fourth-order valence-electron chi connectivity index (χ4n) is 5.16. The molecule has 2 unspecified atom stereocenters. The maximum atomic E-state index is 11.4. The van der Waals surface area contributed by atoms with Crippen molar-refractivity contribution in [1.29, 1.82) is 0 Å². The first-order valence-electron chi connectivity index (χ1n) is 9.31. The molecule has 1 aromatic rings. The Morgan fingerprint density at radius 3 is 2.24 bits per heavy atom. The molecule has 3 aliphatic rings. The summed E-state index contributed by atoms with van der Waals surface area (Å²) < 4.78 is 6.26. The summed E-state index contributed by atoms with van der Waals surface area (Å²) >= 11 is 0. The maximum absolute atomic E-state index is 11.4. The fraction of sp³-hybridized carbons (Fsp3) is 0.650. The third-order valence-corrected chi connectivity index (χ3v) is 6.45. The largest absolute Gasteiger partial charge is 0.373 e. The second kappa shape index (κ2) is 7.26. The quantitative estimate of drug-likeness (QED) is 0.872. The Morgan fingerprint density at radius 2 is 1.76 bits per heavy atom. The minimum atomic E-state index is -0.368. The van der Waals surface area contributed by atoms with Crippen LogP contribution in [-0.2, 0) is 10.3 Å². The lowest BCUT2D eigenvalue weighted by Crippen LogP contribution is -2.59. The molecule has 1 heterocycles. The van der Waals surface area contributed by atoms with Crippen LogP contribution < -0.4 is 5.73 Å². The molecular formula is C20H29ClN2O2. The molecule has 138 valence electrons. The number of carbonyl (C=O) groups excluding carboxylic acids is 1. The molecule has 4 rings (SSSR count). The predicted octanol–water partition coefficient (Wildman–Crippen LogP) is 3.19. The number of nitrogens with two attached hydrogens (primary N) is 1. The van der Waals surface area contributed by atoms with Crippen LogP contribution in [0.4, 0.5) is 0 Å². The number of ether oxygens (including phenoxy) is 1. The van der Waals surface area contributed by atoms with Crippen molar-refractivity contribution in [2.75, 3.05) is 26.7 Å². The number of carbonyl (C=O) groups is 1. The van der Waals surface area contributed by atoms with Crippen molar-refractivity contribution in [3.8, 4) is 0 Å². The molecule has 25 heavy (non-hydrogen) atoms. The maximum Gasteiger partial charge on any atom is 0.248 e. The zero-order valence-corrected chi connectivity index (χ0v) is 15.8. The van der Waals surface area contributed by atoms with Crippen LogP contribution in [0.25, 0.3) is 0 Å². The number of hydrogen-bond acceptors (Lipinski definition) is 3. The number of likely N-dealkylation sites (tertiary alicyclic amines) is 1. The van der Waals surface area contributed by atoms with Gasteiger partial charge in [0.2, 0.25) is 5.91 Å². The number of amides is 1. The molecule has 1 aliphatic heterocycles. The minimum Gasteiger partial charge on any atom is -0.373 e. The van der Waals surface area contributed by atoms with Crippen molar-refractivity contribution in [3.63, 3.8) is 0 Å². The number of hydrogen-bond donors (Lipinski definition) is 1. The van der Waals surface area contributed by atoms with E-state index in [1.807, 2.05) is 19.2 Å². The zero-order chi connectivity index (χ0) is 16.7. The second-order valence-corrected chi connectivity index (χ2v) is 7.93. The van der Waals surface area contributed by atoms with Crippen molar-refractivity contribution >= 4 is 18.3 Å². The van der Waals surface area contributed by atoms with Crippen LogP contribution in [0.5, 0.6) is 0 Å². The molecule has 2 saturated carbocycles. The number of benzene rings is 1. The summed E-state index contributed by atoms with van der Waals surface area (Å²) in [7, 11) is 1.86. The van der Waals surface area contributed by atoms with E-state index in [1.54, 1.807) is 0 Å². The van der Waals surface area contributed by atoms with Gasteiger partial charge in [-0.2, -0.15) is 0 Å². The zero-order valence-electron chi connectivity index (χ0n) is 14.9. The first kappa shape index (κ1) is 18.7. The normalized spacial score (nSPS) is 32.0. The number of nitrogens with zero attached hydrogens (tertiary/aromatic N) is 1. The predicted molar refractivity (Wildman–Crippen MR) is 101 cm³/mol. The van der Waals surface area contributed by atoms with E-state index < -0.39 is 0 Å². The van der Waals surface area contributed by atoms with E-state index in [9.17, 15) is 4.79 Å². The second-order valence-electron chi connectivity index (χ2n) is 7.93. The van der Waals surface area contributed by atoms with E-state index in [1.165, 1.54) is 44.2 Å². The summed E-state index contributed by atoms with van der Waals surface area (Å²) in [5, 5.41) is 0. The average molecular weight is 365 g/mol. The molecule has 4 nitrogen and oxygen atoms in total. The highest BCUT2D eigenvalue weighted by molar-refractivity contribution is 5.92. The third-order valence-electron chi connectivity index (χ3n) is 6.45. The van der Waals surface area contributed by atoms with Gasteiger partial charge in [0.25, 0.3) is 0 Å². The highest BCUT2D eigenvalue weighted by atomic mass is 35.5. The summed E-state index contributed by atoms with van der Waals surface area (Å²) in [6.07, 6.45) is 6.58. The Balaban J connectivity index is 0.00000182. The highest BCUT2D eigenvalue weighted by Crippen LogP contribution is 2.51. The number of rotatable bonds is 5. The van der Waals surface area contributed by atoms with E-state index in [4.69, 9.17) is 10.5 Å². The Bertz CT molecular complexity index is 601. The number of primary amides is 1. The molecule has 0 spiro atoms. The molecule has 0 radical (unpaired) electrons. The van der Waals surface area contributed by atoms with Crippen LogP contribution in [-0.4, -0.2) is 37.6 Å². The SMILES string of the molecule is COC1(c2ccc(C(N)=O)cc2)C2CCCC1CN(CC1CC1)C2.Cl. The Hall–Kier alpha value is -1.10. The van der Waals surface area contributed by atoms with Gasteiger partial charge in [-0.05, 0) is 49.3 Å². The fourth-order valence-corrected chi connectivity index (χ4v) is 5.16. The van der Waals surface area contributed by atoms with Gasteiger partial charge in [0.05, 0.1) is 0 Å². The molecule has 5 heteroatoms. The number of fused-ring (bicyclic) bond motifs is 2. The summed E-state index contributed by atoms with van der Waals surface area (Å²) in [5.41, 5.74) is 6.98. The van der Waals surface area contributed by atoms with Crippen LogP contribution >= 0.6 is 12.4 Å². The van der Waals surface area contributed by atoms with Crippen LogP contribution in [0.1, 0.15) is 48.0 Å². The molecule has 3 fully saturated rings. The van der Waals surface area contributed by atoms with Gasteiger partial charge in [-0.1, -0.05) is 18.6 Å². The Kier molecular flexibility index (Phi) is 5.42. The summed E-state index contributed by atoms with van der Waals surface area (Å²) in [4.78, 5) is 14.1. The summed E-state index contributed by atoms with van der Waals surface area (Å²) in [5.74, 6) is 1.64. The van der Waals surface area contributed by atoms with E-state index in [2.05, 4.69) is 17.0 Å². The van der Waals surface area contributed by atoms with Gasteiger partial charge in [0.15, 0.2) is 0 Å². The van der Waals surface area contributed by atoms with Crippen LogP contribution in [0, 0.1) is 17.8 Å². The Labute approximate surface area is 156 Å². The lowest BCUT2D eigenvalue weighted by molar-refractivity contribution is -0.169. The van der Waals surface area contributed by atoms with Gasteiger partial charge >= 0.3 is 0 Å². The third kappa shape index (κ3) is 3.32. The molecular weight excluding hydrogens is 336 g/mol. The lowest BCUT2D eigenvalue weighted by Gasteiger charge is -2.55. The molecule has 2 atom stereocenters. The minimum absolute atomic E-state index is 0. The summed E-state index contributed by atoms with van der Waals surface area (Å²) in [6, 6.07) is 7.83. The van der Waals surface area contributed by atoms with Gasteiger partial charge in [0, 0.05) is 44.1 Å². The van der Waals surface area contributed by atoms with Crippen LogP contribution in [0.15, 0.2) is 24.3 Å². The van der Waals surface area contributed by atoms with E-state index >= 15 is 0 Å². The Morgan fingerprint density at radius 1 is 1.16 bits per heavy atom. The number of piperidine rings is 1. The van der Waals surface area contributed by atoms with Gasteiger partial charge in [0.1, 0.15) is 5.60 Å². The first-order chi connectivity index (χ1) is 11.6. The topological polar surface area (TPSA) is 55.6 Å². The van der Waals surface area contributed by atoms with Crippen molar-refractivity contribution < 1.29 is 9.53 Å². The van der Waals surface area contributed by atoms with Gasteiger partial charge in [-0.15, -0.1) is 12.4 Å². The number of methoxy groups -OCH3 is 1. The van der Waals surface area contributed by atoms with Crippen molar-refractivity contribution in [2.24, 2.45) is 23.5 Å². The molecule has 2 N–H and O–H groups in total. The van der Waals surface area contributed by atoms with Crippen LogP contribution in [0.3, 0.4) is 0 Å². The van der Waals surface area contributed by atoms with Crippen molar-refractivity contribution in [3.05, 3.63) is 35.4 Å². The van der Waals surface area contributed by atoms with E-state index in [0.717, 1.165) is 19.0 Å². The molecule has 2 aliphatic carbocycles. The van der Waals surface area contributed by atoms with E-state index in [-0.39, 0.29) is 23.9 Å². The monoisotopic (exact) mass is 364 g/mol. The van der Waals surface area contributed by atoms with Crippen molar-refractivity contribution in [2.45, 2.75) is 37.7 Å². The average Bonchev–Trinajstić information content (AvgIpc) is 3.38. The highest BCUT2D eigenvalue weighted by Gasteiger charge is 2.53. The summed E-state index contributed by atoms with van der Waals surface area (Å²) in [6.45, 7) is 3.55. The molecule has 2 bridgehead atoms. The van der Waals surface area contributed by atoms with Gasteiger partial charge in [-0.25, -0.2) is 0 Å². The smallest absolute Gasteiger partial charge is 0.248 e. The first-order valence-corrected chi connectivity index (χ1v) is 9.31. The molecule has 1 amide bonds. The van der Waals surface area contributed by atoms with E-state index in [0.29, 0.717) is 17.4 Å². The molecule has 1 saturated heterocycles. The molecule has 0 aromatic heterocycles. The standard InChI is InChI=1S/C20H28N2O2.ClH/c1-24-20(16-9-7-15(8-10-16)19(21)23)17-3-2-4-18(20)13-22(12-17)11-14-5-6-14;/h7-10,14,17-18H,2-6,11-13H2,1H3,(H2,21,23);1H. The molecule has 1 aromatic carbocycles. The number of halogens is 1. The van der Waals surface area contributed by atoms with Gasteiger partial charge in [-0.3, -0.25) is 4.79 Å². The van der Waals surface area contributed by atoms with Crippen molar-refractivity contribution in [1.82, 2.24) is 4.90 Å². The van der Waals surface area contributed by atoms with Crippen LogP contribution in [0.2, 0.25) is 0 Å². The van der Waals surface area contributed by atoms with Gasteiger partial charge < -0.3 is 15.4 Å². The lowest BCUT2D eigenvalue weighted by atomic mass is 9.62.